The summed E-state index contributed by atoms with van der Waals surface area (Å²) in [5.74, 6) is -1.36. The van der Waals surface area contributed by atoms with Gasteiger partial charge in [-0.3, -0.25) is 19.1 Å². The maximum absolute atomic E-state index is 14.3. The van der Waals surface area contributed by atoms with Gasteiger partial charge in [0.05, 0.1) is 6.54 Å². The van der Waals surface area contributed by atoms with Crippen molar-refractivity contribution in [1.29, 1.82) is 0 Å². The molecule has 7 heteroatoms. The fourth-order valence-electron chi connectivity index (χ4n) is 2.59. The van der Waals surface area contributed by atoms with Crippen LogP contribution in [-0.2, 0) is 6.54 Å². The lowest BCUT2D eigenvalue weighted by Crippen LogP contribution is -2.44. The predicted octanol–water partition coefficient (Wildman–Crippen LogP) is 2.41. The second-order valence-electron chi connectivity index (χ2n) is 5.91. The summed E-state index contributed by atoms with van der Waals surface area (Å²) in [5.41, 5.74) is -0.724. The van der Waals surface area contributed by atoms with E-state index in [1.807, 2.05) is 0 Å². The van der Waals surface area contributed by atoms with E-state index in [0.29, 0.717) is 10.1 Å². The molecule has 2 aromatic heterocycles. The molecule has 3 aromatic rings. The van der Waals surface area contributed by atoms with Crippen LogP contribution in [0.1, 0.15) is 21.5 Å². The lowest BCUT2D eigenvalue weighted by Gasteiger charge is -2.10. The molecule has 0 aliphatic rings. The Morgan fingerprint density at radius 3 is 2.56 bits per heavy atom. The Morgan fingerprint density at radius 1 is 1.15 bits per heavy atom. The van der Waals surface area contributed by atoms with Crippen LogP contribution in [-0.4, -0.2) is 20.0 Å². The summed E-state index contributed by atoms with van der Waals surface area (Å²) in [5, 5.41) is 0. The standard InChI is InChI=1S/C20H16FN3O3/c1-14-12-23(13-17(21)10-15-6-5-9-22-11-15)20(27)24(18(14)25)19(26)16-7-3-2-4-8-16/h2-12H,13H2,1H3/b17-10-. The summed E-state index contributed by atoms with van der Waals surface area (Å²) in [6.45, 7) is 1.06. The van der Waals surface area contributed by atoms with E-state index in [1.54, 1.807) is 36.5 Å². The number of nitrogens with zero attached hydrogens (tertiary/aromatic N) is 3. The van der Waals surface area contributed by atoms with Gasteiger partial charge in [0.1, 0.15) is 5.83 Å². The quantitative estimate of drug-likeness (QED) is 0.712. The lowest BCUT2D eigenvalue weighted by molar-refractivity contribution is 0.0948. The number of carbonyl (C=O) groups excluding carboxylic acids is 1. The van der Waals surface area contributed by atoms with Crippen molar-refractivity contribution < 1.29 is 9.18 Å². The molecule has 0 aliphatic heterocycles. The van der Waals surface area contributed by atoms with E-state index in [9.17, 15) is 18.8 Å². The van der Waals surface area contributed by atoms with Crippen LogP contribution in [0.15, 0.2) is 76.5 Å². The van der Waals surface area contributed by atoms with Crippen LogP contribution in [0.25, 0.3) is 6.08 Å². The van der Waals surface area contributed by atoms with E-state index in [0.717, 1.165) is 4.57 Å². The molecular weight excluding hydrogens is 349 g/mol. The molecular formula is C20H16FN3O3. The average Bonchev–Trinajstić information content (AvgIpc) is 2.67. The van der Waals surface area contributed by atoms with E-state index in [1.165, 1.54) is 37.5 Å². The summed E-state index contributed by atoms with van der Waals surface area (Å²) in [6, 6.07) is 11.3. The van der Waals surface area contributed by atoms with Gasteiger partial charge in [-0.2, -0.15) is 4.57 Å². The molecule has 0 fully saturated rings. The molecule has 3 rings (SSSR count). The van der Waals surface area contributed by atoms with Gasteiger partial charge in [0.25, 0.3) is 11.5 Å². The van der Waals surface area contributed by atoms with Gasteiger partial charge in [-0.25, -0.2) is 9.18 Å². The van der Waals surface area contributed by atoms with Crippen molar-refractivity contribution in [3.8, 4) is 0 Å². The van der Waals surface area contributed by atoms with Crippen LogP contribution in [0, 0.1) is 6.92 Å². The van der Waals surface area contributed by atoms with Crippen molar-refractivity contribution in [3.63, 3.8) is 0 Å². The molecule has 0 atom stereocenters. The van der Waals surface area contributed by atoms with Gasteiger partial charge in [-0.05, 0) is 36.8 Å². The van der Waals surface area contributed by atoms with Crippen molar-refractivity contribution in [2.45, 2.75) is 13.5 Å². The zero-order chi connectivity index (χ0) is 19.4. The lowest BCUT2D eigenvalue weighted by atomic mass is 10.2. The fraction of sp³-hybridized carbons (Fsp3) is 0.100. The normalized spacial score (nSPS) is 11.4. The summed E-state index contributed by atoms with van der Waals surface area (Å²) >= 11 is 0. The van der Waals surface area contributed by atoms with Crippen molar-refractivity contribution in [2.24, 2.45) is 0 Å². The molecule has 0 radical (unpaired) electrons. The highest BCUT2D eigenvalue weighted by Crippen LogP contribution is 2.08. The topological polar surface area (TPSA) is 74.0 Å². The number of halogens is 1. The molecule has 0 unspecified atom stereocenters. The van der Waals surface area contributed by atoms with Crippen LogP contribution in [0.4, 0.5) is 4.39 Å². The number of benzene rings is 1. The first kappa shape index (κ1) is 18.2. The Bertz CT molecular complexity index is 1120. The number of pyridine rings is 1. The first-order valence-corrected chi connectivity index (χ1v) is 8.16. The number of allylic oxidation sites excluding steroid dienone is 1. The van der Waals surface area contributed by atoms with Crippen LogP contribution in [0.2, 0.25) is 0 Å². The smallest absolute Gasteiger partial charge is 0.293 e. The summed E-state index contributed by atoms with van der Waals surface area (Å²) in [7, 11) is 0. The van der Waals surface area contributed by atoms with E-state index in [-0.39, 0.29) is 11.1 Å². The molecule has 0 saturated carbocycles. The highest BCUT2D eigenvalue weighted by molar-refractivity contribution is 5.95. The zero-order valence-corrected chi connectivity index (χ0v) is 14.5. The van der Waals surface area contributed by atoms with Crippen molar-refractivity contribution in [1.82, 2.24) is 14.1 Å². The highest BCUT2D eigenvalue weighted by Gasteiger charge is 2.17. The molecule has 0 aliphatic carbocycles. The third-order valence-electron chi connectivity index (χ3n) is 3.88. The molecule has 136 valence electrons. The molecule has 0 amide bonds. The third kappa shape index (κ3) is 3.98. The maximum Gasteiger partial charge on any atom is 0.338 e. The molecule has 1 aromatic carbocycles. The number of hydrogen-bond donors (Lipinski definition) is 0. The monoisotopic (exact) mass is 365 g/mol. The number of carbonyl (C=O) groups is 1. The molecule has 0 saturated heterocycles. The van der Waals surface area contributed by atoms with Gasteiger partial charge in [0.2, 0.25) is 0 Å². The Hall–Kier alpha value is -3.61. The van der Waals surface area contributed by atoms with E-state index in [4.69, 9.17) is 0 Å². The van der Waals surface area contributed by atoms with Gasteiger partial charge in [-0.1, -0.05) is 24.3 Å². The Kier molecular flexibility index (Phi) is 5.21. The number of hydrogen-bond acceptors (Lipinski definition) is 4. The molecule has 0 bridgehead atoms. The number of aromatic nitrogens is 3. The number of rotatable bonds is 4. The summed E-state index contributed by atoms with van der Waals surface area (Å²) in [4.78, 5) is 41.5. The van der Waals surface area contributed by atoms with Crippen LogP contribution >= 0.6 is 0 Å². The highest BCUT2D eigenvalue weighted by atomic mass is 19.1. The minimum atomic E-state index is -0.894. The molecule has 0 spiro atoms. The van der Waals surface area contributed by atoms with Crippen molar-refractivity contribution in [2.75, 3.05) is 0 Å². The van der Waals surface area contributed by atoms with Gasteiger partial charge in [-0.15, -0.1) is 0 Å². The minimum Gasteiger partial charge on any atom is -0.293 e. The van der Waals surface area contributed by atoms with Crippen LogP contribution < -0.4 is 11.2 Å². The van der Waals surface area contributed by atoms with Crippen molar-refractivity contribution in [3.05, 3.63) is 104 Å². The van der Waals surface area contributed by atoms with Crippen molar-refractivity contribution >= 4 is 12.0 Å². The maximum atomic E-state index is 14.3. The third-order valence-corrected chi connectivity index (χ3v) is 3.88. The van der Waals surface area contributed by atoms with Gasteiger partial charge in [0.15, 0.2) is 0 Å². The second kappa shape index (κ2) is 7.74. The molecule has 0 N–H and O–H groups in total. The SMILES string of the molecule is Cc1cn(C/C(F)=C/c2cccnc2)c(=O)n(C(=O)c2ccccc2)c1=O. The minimum absolute atomic E-state index is 0.160. The van der Waals surface area contributed by atoms with Crippen LogP contribution in [0.5, 0.6) is 0 Å². The largest absolute Gasteiger partial charge is 0.338 e. The summed E-state index contributed by atoms with van der Waals surface area (Å²) < 4.78 is 15.9. The van der Waals surface area contributed by atoms with E-state index < -0.39 is 29.5 Å². The molecule has 6 nitrogen and oxygen atoms in total. The number of aryl methyl sites for hydroxylation is 1. The molecule has 2 heterocycles. The van der Waals surface area contributed by atoms with Crippen LogP contribution in [0.3, 0.4) is 0 Å². The second-order valence-corrected chi connectivity index (χ2v) is 5.91. The first-order chi connectivity index (χ1) is 13.0. The fourth-order valence-corrected chi connectivity index (χ4v) is 2.59. The van der Waals surface area contributed by atoms with E-state index >= 15 is 0 Å². The average molecular weight is 365 g/mol. The Morgan fingerprint density at radius 2 is 1.89 bits per heavy atom. The predicted molar refractivity (Wildman–Crippen MR) is 99.2 cm³/mol. The first-order valence-electron chi connectivity index (χ1n) is 8.16. The van der Waals surface area contributed by atoms with Gasteiger partial charge >= 0.3 is 5.69 Å². The summed E-state index contributed by atoms with van der Waals surface area (Å²) in [6.07, 6.45) is 5.53. The van der Waals surface area contributed by atoms with Gasteiger partial charge < -0.3 is 0 Å². The molecule has 27 heavy (non-hydrogen) atoms. The van der Waals surface area contributed by atoms with E-state index in [2.05, 4.69) is 4.98 Å². The Labute approximate surface area is 153 Å². The zero-order valence-electron chi connectivity index (χ0n) is 14.5. The van der Waals surface area contributed by atoms with Gasteiger partial charge in [0, 0.05) is 29.7 Å². The Balaban J connectivity index is 2.02.